The molecule has 0 bridgehead atoms. The van der Waals surface area contributed by atoms with E-state index in [1.54, 1.807) is 13.8 Å². The number of hydrogen-bond donors (Lipinski definition) is 1. The van der Waals surface area contributed by atoms with Gasteiger partial charge in [-0.05, 0) is 26.7 Å². The van der Waals surface area contributed by atoms with E-state index in [-0.39, 0.29) is 18.2 Å². The van der Waals surface area contributed by atoms with Crippen LogP contribution in [0.3, 0.4) is 0 Å². The average Bonchev–Trinajstić information content (AvgIpc) is 2.71. The van der Waals surface area contributed by atoms with Gasteiger partial charge in [-0.15, -0.1) is 0 Å². The van der Waals surface area contributed by atoms with Crippen LogP contribution in [-0.4, -0.2) is 55.0 Å². The van der Waals surface area contributed by atoms with Gasteiger partial charge in [0.15, 0.2) is 0 Å². The molecule has 2 atom stereocenters. The number of nitrogens with zero attached hydrogens (tertiary/aromatic N) is 1. The van der Waals surface area contributed by atoms with E-state index in [4.69, 9.17) is 4.74 Å². The van der Waals surface area contributed by atoms with Gasteiger partial charge < -0.3 is 10.1 Å². The van der Waals surface area contributed by atoms with Gasteiger partial charge in [0.05, 0.1) is 18.8 Å². The summed E-state index contributed by atoms with van der Waals surface area (Å²) in [7, 11) is 0. The quantitative estimate of drug-likeness (QED) is 0.782. The van der Waals surface area contributed by atoms with Crippen molar-refractivity contribution in [3.8, 4) is 0 Å². The molecule has 0 saturated carbocycles. The standard InChI is InChI=1S/C14H27F3N2O/c1-10(2)18-7-12-5-6-13(20-12)8-19(11(3)4)9-14(15,16)17/h10-13,18H,5-9H2,1-4H3. The number of nitrogens with one attached hydrogen (secondary N) is 1. The third kappa shape index (κ3) is 6.90. The summed E-state index contributed by atoms with van der Waals surface area (Å²) in [4.78, 5) is 1.45. The zero-order valence-corrected chi connectivity index (χ0v) is 12.8. The summed E-state index contributed by atoms with van der Waals surface area (Å²) in [6.07, 6.45) is -2.35. The third-order valence-electron chi connectivity index (χ3n) is 3.50. The lowest BCUT2D eigenvalue weighted by atomic mass is 10.1. The Morgan fingerprint density at radius 2 is 1.75 bits per heavy atom. The van der Waals surface area contributed by atoms with Crippen LogP contribution in [0.4, 0.5) is 13.2 Å². The van der Waals surface area contributed by atoms with Crippen molar-refractivity contribution >= 4 is 0 Å². The van der Waals surface area contributed by atoms with Crippen molar-refractivity contribution in [3.63, 3.8) is 0 Å². The summed E-state index contributed by atoms with van der Waals surface area (Å²) >= 11 is 0. The minimum Gasteiger partial charge on any atom is -0.372 e. The van der Waals surface area contributed by atoms with Crippen molar-refractivity contribution in [1.82, 2.24) is 10.2 Å². The zero-order valence-electron chi connectivity index (χ0n) is 12.8. The van der Waals surface area contributed by atoms with Crippen LogP contribution in [0.1, 0.15) is 40.5 Å². The first-order valence-electron chi connectivity index (χ1n) is 7.37. The van der Waals surface area contributed by atoms with Gasteiger partial charge >= 0.3 is 6.18 Å². The molecule has 120 valence electrons. The minimum absolute atomic E-state index is 0.0845. The van der Waals surface area contributed by atoms with Gasteiger partial charge in [0.2, 0.25) is 0 Å². The Balaban J connectivity index is 2.39. The molecule has 0 aromatic carbocycles. The molecule has 3 nitrogen and oxygen atoms in total. The highest BCUT2D eigenvalue weighted by Gasteiger charge is 2.34. The van der Waals surface area contributed by atoms with Crippen LogP contribution >= 0.6 is 0 Å². The monoisotopic (exact) mass is 296 g/mol. The molecular weight excluding hydrogens is 269 g/mol. The molecule has 0 aromatic rings. The van der Waals surface area contributed by atoms with Gasteiger partial charge in [-0.1, -0.05) is 13.8 Å². The largest absolute Gasteiger partial charge is 0.401 e. The Morgan fingerprint density at radius 1 is 1.15 bits per heavy atom. The highest BCUT2D eigenvalue weighted by molar-refractivity contribution is 4.80. The first-order chi connectivity index (χ1) is 9.17. The molecule has 0 aliphatic carbocycles. The maximum atomic E-state index is 12.5. The van der Waals surface area contributed by atoms with E-state index in [1.165, 1.54) is 4.90 Å². The van der Waals surface area contributed by atoms with Crippen molar-refractivity contribution in [2.75, 3.05) is 19.6 Å². The zero-order chi connectivity index (χ0) is 15.3. The predicted octanol–water partition coefficient (Wildman–Crippen LogP) is 2.80. The lowest BCUT2D eigenvalue weighted by Crippen LogP contribution is -2.43. The second-order valence-corrected chi connectivity index (χ2v) is 6.16. The van der Waals surface area contributed by atoms with Crippen molar-refractivity contribution in [1.29, 1.82) is 0 Å². The summed E-state index contributed by atoms with van der Waals surface area (Å²) < 4.78 is 43.4. The fraction of sp³-hybridized carbons (Fsp3) is 1.00. The van der Waals surface area contributed by atoms with Gasteiger partial charge in [-0.25, -0.2) is 0 Å². The normalized spacial score (nSPS) is 24.3. The molecule has 1 aliphatic rings. The molecule has 0 amide bonds. The molecule has 20 heavy (non-hydrogen) atoms. The summed E-state index contributed by atoms with van der Waals surface area (Å²) in [5.41, 5.74) is 0. The van der Waals surface area contributed by atoms with E-state index in [1.807, 2.05) is 0 Å². The SMILES string of the molecule is CC(C)NCC1CCC(CN(CC(F)(F)F)C(C)C)O1. The molecule has 1 saturated heterocycles. The van der Waals surface area contributed by atoms with E-state index < -0.39 is 12.7 Å². The molecule has 0 radical (unpaired) electrons. The van der Waals surface area contributed by atoms with Crippen LogP contribution in [0.25, 0.3) is 0 Å². The van der Waals surface area contributed by atoms with Crippen molar-refractivity contribution < 1.29 is 17.9 Å². The Bertz CT molecular complexity index is 282. The van der Waals surface area contributed by atoms with E-state index >= 15 is 0 Å². The number of ether oxygens (including phenoxy) is 1. The van der Waals surface area contributed by atoms with Crippen LogP contribution in [0.5, 0.6) is 0 Å². The Morgan fingerprint density at radius 3 is 2.25 bits per heavy atom. The highest BCUT2D eigenvalue weighted by atomic mass is 19.4. The molecule has 1 fully saturated rings. The maximum absolute atomic E-state index is 12.5. The third-order valence-corrected chi connectivity index (χ3v) is 3.50. The maximum Gasteiger partial charge on any atom is 0.401 e. The molecule has 1 N–H and O–H groups in total. The summed E-state index contributed by atoms with van der Waals surface area (Å²) in [5, 5.41) is 3.30. The molecular formula is C14H27F3N2O. The van der Waals surface area contributed by atoms with E-state index in [2.05, 4.69) is 19.2 Å². The topological polar surface area (TPSA) is 24.5 Å². The number of alkyl halides is 3. The Hall–Kier alpha value is -0.330. The number of hydrogen-bond acceptors (Lipinski definition) is 3. The predicted molar refractivity (Wildman–Crippen MR) is 73.8 cm³/mol. The van der Waals surface area contributed by atoms with Crippen LogP contribution < -0.4 is 5.32 Å². The lowest BCUT2D eigenvalue weighted by molar-refractivity contribution is -0.153. The first kappa shape index (κ1) is 17.7. The molecule has 1 rings (SSSR count). The minimum atomic E-state index is -4.15. The van der Waals surface area contributed by atoms with Crippen LogP contribution in [0, 0.1) is 0 Å². The van der Waals surface area contributed by atoms with E-state index in [0.717, 1.165) is 19.4 Å². The first-order valence-corrected chi connectivity index (χ1v) is 7.37. The molecule has 2 unspecified atom stereocenters. The number of halogens is 3. The van der Waals surface area contributed by atoms with Crippen molar-refractivity contribution in [3.05, 3.63) is 0 Å². The number of rotatable bonds is 7. The van der Waals surface area contributed by atoms with E-state index in [0.29, 0.717) is 12.6 Å². The Labute approximate surface area is 119 Å². The molecule has 1 aliphatic heterocycles. The second kappa shape index (κ2) is 7.61. The molecule has 1 heterocycles. The van der Waals surface area contributed by atoms with Gasteiger partial charge in [0, 0.05) is 25.2 Å². The summed E-state index contributed by atoms with van der Waals surface area (Å²) in [6, 6.07) is 0.267. The van der Waals surface area contributed by atoms with Crippen LogP contribution in [0.2, 0.25) is 0 Å². The van der Waals surface area contributed by atoms with Crippen molar-refractivity contribution in [2.45, 2.75) is 71.0 Å². The van der Waals surface area contributed by atoms with E-state index in [9.17, 15) is 13.2 Å². The molecule has 0 spiro atoms. The van der Waals surface area contributed by atoms with Gasteiger partial charge in [-0.3, -0.25) is 4.90 Å². The van der Waals surface area contributed by atoms with Gasteiger partial charge in [0.25, 0.3) is 0 Å². The van der Waals surface area contributed by atoms with Crippen molar-refractivity contribution in [2.24, 2.45) is 0 Å². The molecule has 6 heteroatoms. The van der Waals surface area contributed by atoms with Gasteiger partial charge in [-0.2, -0.15) is 13.2 Å². The summed E-state index contributed by atoms with van der Waals surface area (Å²) in [6.45, 7) is 7.98. The van der Waals surface area contributed by atoms with Crippen LogP contribution in [0.15, 0.2) is 0 Å². The smallest absolute Gasteiger partial charge is 0.372 e. The fourth-order valence-electron chi connectivity index (χ4n) is 2.38. The highest BCUT2D eigenvalue weighted by Crippen LogP contribution is 2.23. The lowest BCUT2D eigenvalue weighted by Gasteiger charge is -2.30. The average molecular weight is 296 g/mol. The molecule has 0 aromatic heterocycles. The summed E-state index contributed by atoms with van der Waals surface area (Å²) in [5.74, 6) is 0. The Kier molecular flexibility index (Phi) is 6.75. The fourth-order valence-corrected chi connectivity index (χ4v) is 2.38. The second-order valence-electron chi connectivity index (χ2n) is 6.16. The van der Waals surface area contributed by atoms with Crippen LogP contribution in [-0.2, 0) is 4.74 Å². The van der Waals surface area contributed by atoms with Gasteiger partial charge in [0.1, 0.15) is 0 Å².